The van der Waals surface area contributed by atoms with Crippen LogP contribution in [0, 0.1) is 0 Å². The quantitative estimate of drug-likeness (QED) is 0.254. The molecule has 1 heterocycles. The lowest BCUT2D eigenvalue weighted by Gasteiger charge is -2.29. The fourth-order valence-electron chi connectivity index (χ4n) is 3.84. The van der Waals surface area contributed by atoms with Crippen molar-refractivity contribution in [2.24, 2.45) is 0 Å². The van der Waals surface area contributed by atoms with E-state index in [-0.39, 0.29) is 5.41 Å². The van der Waals surface area contributed by atoms with E-state index in [1.54, 1.807) is 29.2 Å². The zero-order valence-corrected chi connectivity index (χ0v) is 21.5. The average Bonchev–Trinajstić information content (AvgIpc) is 3.20. The summed E-state index contributed by atoms with van der Waals surface area (Å²) in [4.78, 5) is 1.20. The molecular formula is C25H24ClNO2S3. The van der Waals surface area contributed by atoms with Crippen molar-refractivity contribution in [2.75, 3.05) is 16.8 Å². The third-order valence-corrected chi connectivity index (χ3v) is 8.60. The highest BCUT2D eigenvalue weighted by molar-refractivity contribution is 7.98. The number of thiophene rings is 1. The van der Waals surface area contributed by atoms with Crippen LogP contribution in [0.1, 0.15) is 25.0 Å². The molecule has 0 saturated heterocycles. The van der Waals surface area contributed by atoms with Crippen molar-refractivity contribution in [2.45, 2.75) is 24.2 Å². The number of hydrogen-bond acceptors (Lipinski definition) is 4. The Kier molecular flexibility index (Phi) is 6.34. The molecule has 0 aliphatic carbocycles. The summed E-state index contributed by atoms with van der Waals surface area (Å²) >= 11 is 9.86. The second-order valence-electron chi connectivity index (χ2n) is 8.22. The molecule has 0 saturated carbocycles. The highest BCUT2D eigenvalue weighted by Crippen LogP contribution is 2.39. The van der Waals surface area contributed by atoms with Gasteiger partial charge in [-0.2, -0.15) is 0 Å². The molecule has 32 heavy (non-hydrogen) atoms. The van der Waals surface area contributed by atoms with Gasteiger partial charge in [0.2, 0.25) is 10.0 Å². The Bertz CT molecular complexity index is 1380. The fraction of sp³-hybridized carbons (Fsp3) is 0.200. The number of hydrogen-bond donors (Lipinski definition) is 0. The SMILES string of the molecule is CSc1ccc(C(C)(C)c2cc(Cl)cc(N(c3ccc4sccc4c3)S(C)(=O)=O)c2)cc1. The number of halogens is 1. The van der Waals surface area contributed by atoms with Gasteiger partial charge in [-0.25, -0.2) is 12.7 Å². The number of rotatable bonds is 6. The molecular weight excluding hydrogens is 478 g/mol. The van der Waals surface area contributed by atoms with Crippen LogP contribution >= 0.6 is 34.7 Å². The standard InChI is InChI=1S/C25H24ClNO2S3/c1-25(2,18-5-8-23(30-3)9-6-18)19-14-20(26)16-22(15-19)27(32(4,28)29)21-7-10-24-17(13-21)11-12-31-24/h5-16H,1-4H3. The van der Waals surface area contributed by atoms with Gasteiger partial charge in [-0.1, -0.05) is 37.6 Å². The number of anilines is 2. The van der Waals surface area contributed by atoms with E-state index in [1.165, 1.54) is 15.5 Å². The number of nitrogens with zero attached hydrogens (tertiary/aromatic N) is 1. The van der Waals surface area contributed by atoms with E-state index >= 15 is 0 Å². The smallest absolute Gasteiger partial charge is 0.236 e. The first-order valence-electron chi connectivity index (χ1n) is 10.0. The Morgan fingerprint density at radius 1 is 0.906 bits per heavy atom. The molecule has 166 valence electrons. The number of benzene rings is 3. The van der Waals surface area contributed by atoms with Crippen molar-refractivity contribution < 1.29 is 8.42 Å². The summed E-state index contributed by atoms with van der Waals surface area (Å²) in [5.41, 5.74) is 2.83. The Balaban J connectivity index is 1.84. The topological polar surface area (TPSA) is 37.4 Å². The average molecular weight is 502 g/mol. The van der Waals surface area contributed by atoms with Crippen LogP contribution in [0.25, 0.3) is 10.1 Å². The Hall–Kier alpha value is -1.99. The molecule has 0 amide bonds. The van der Waals surface area contributed by atoms with E-state index in [0.717, 1.165) is 21.2 Å². The zero-order chi connectivity index (χ0) is 23.1. The third kappa shape index (κ3) is 4.55. The summed E-state index contributed by atoms with van der Waals surface area (Å²) in [5, 5.41) is 3.51. The zero-order valence-electron chi connectivity index (χ0n) is 18.3. The number of sulfonamides is 1. The van der Waals surface area contributed by atoms with Crippen LogP contribution in [0.4, 0.5) is 11.4 Å². The molecule has 1 aromatic heterocycles. The largest absolute Gasteiger partial charge is 0.239 e. The molecule has 3 nitrogen and oxygen atoms in total. The van der Waals surface area contributed by atoms with Gasteiger partial charge in [0.25, 0.3) is 0 Å². The minimum Gasteiger partial charge on any atom is -0.239 e. The summed E-state index contributed by atoms with van der Waals surface area (Å²) in [6.07, 6.45) is 3.27. The molecule has 0 bridgehead atoms. The fourth-order valence-corrected chi connectivity index (χ4v) is 6.23. The summed E-state index contributed by atoms with van der Waals surface area (Å²) in [5.74, 6) is 0. The monoisotopic (exact) mass is 501 g/mol. The van der Waals surface area contributed by atoms with Gasteiger partial charge >= 0.3 is 0 Å². The van der Waals surface area contributed by atoms with Crippen molar-refractivity contribution in [3.05, 3.63) is 88.3 Å². The normalized spacial score (nSPS) is 12.3. The first kappa shape index (κ1) is 23.2. The van der Waals surface area contributed by atoms with Crippen molar-refractivity contribution in [1.29, 1.82) is 0 Å². The molecule has 0 aliphatic rings. The van der Waals surface area contributed by atoms with Crippen molar-refractivity contribution in [1.82, 2.24) is 0 Å². The summed E-state index contributed by atoms with van der Waals surface area (Å²) in [6, 6.07) is 21.7. The minimum atomic E-state index is -3.60. The van der Waals surface area contributed by atoms with Crippen LogP contribution in [0.15, 0.2) is 77.0 Å². The Labute approximate surface area is 203 Å². The van der Waals surface area contributed by atoms with Crippen molar-refractivity contribution in [3.8, 4) is 0 Å². The van der Waals surface area contributed by atoms with Crippen LogP contribution in [-0.4, -0.2) is 20.9 Å². The molecule has 0 radical (unpaired) electrons. The van der Waals surface area contributed by atoms with E-state index in [1.807, 2.05) is 41.8 Å². The van der Waals surface area contributed by atoms with Crippen LogP contribution in [-0.2, 0) is 15.4 Å². The number of thioether (sulfide) groups is 1. The molecule has 4 aromatic rings. The first-order chi connectivity index (χ1) is 15.1. The molecule has 0 N–H and O–H groups in total. The van der Waals surface area contributed by atoms with E-state index in [0.29, 0.717) is 16.4 Å². The molecule has 4 rings (SSSR count). The molecule has 0 aliphatic heterocycles. The van der Waals surface area contributed by atoms with E-state index < -0.39 is 10.0 Å². The van der Waals surface area contributed by atoms with Gasteiger partial charge in [0, 0.05) is 20.0 Å². The van der Waals surface area contributed by atoms with Gasteiger partial charge in [0.05, 0.1) is 17.6 Å². The molecule has 3 aromatic carbocycles. The summed E-state index contributed by atoms with van der Waals surface area (Å²) < 4.78 is 28.3. The van der Waals surface area contributed by atoms with Crippen LogP contribution < -0.4 is 4.31 Å². The van der Waals surface area contributed by atoms with Gasteiger partial charge in [-0.15, -0.1) is 23.1 Å². The van der Waals surface area contributed by atoms with Crippen LogP contribution in [0.5, 0.6) is 0 Å². The lowest BCUT2D eigenvalue weighted by molar-refractivity contribution is 0.601. The van der Waals surface area contributed by atoms with Gasteiger partial charge in [0.15, 0.2) is 0 Å². The Morgan fingerprint density at radius 2 is 1.62 bits per heavy atom. The minimum absolute atomic E-state index is 0.364. The first-order valence-corrected chi connectivity index (χ1v) is 14.4. The molecule has 0 spiro atoms. The predicted octanol–water partition coefficient (Wildman–Crippen LogP) is 7.70. The summed E-state index contributed by atoms with van der Waals surface area (Å²) in [6.45, 7) is 4.25. The highest BCUT2D eigenvalue weighted by atomic mass is 35.5. The maximum absolute atomic E-state index is 12.9. The molecule has 0 unspecified atom stereocenters. The lowest BCUT2D eigenvalue weighted by Crippen LogP contribution is -2.26. The second-order valence-corrected chi connectivity index (χ2v) is 12.3. The number of fused-ring (bicyclic) bond motifs is 1. The molecule has 0 atom stereocenters. The van der Waals surface area contributed by atoms with E-state index in [4.69, 9.17) is 11.6 Å². The van der Waals surface area contributed by atoms with Gasteiger partial charge in [-0.3, -0.25) is 0 Å². The highest BCUT2D eigenvalue weighted by Gasteiger charge is 2.27. The lowest BCUT2D eigenvalue weighted by atomic mass is 9.78. The van der Waals surface area contributed by atoms with Gasteiger partial charge < -0.3 is 0 Å². The third-order valence-electron chi connectivity index (χ3n) is 5.65. The maximum Gasteiger partial charge on any atom is 0.236 e. The second kappa shape index (κ2) is 8.75. The van der Waals surface area contributed by atoms with Crippen molar-refractivity contribution in [3.63, 3.8) is 0 Å². The van der Waals surface area contributed by atoms with Crippen molar-refractivity contribution >= 4 is 66.2 Å². The molecule has 0 fully saturated rings. The van der Waals surface area contributed by atoms with E-state index in [9.17, 15) is 8.42 Å². The maximum atomic E-state index is 12.9. The predicted molar refractivity (Wildman–Crippen MR) is 141 cm³/mol. The van der Waals surface area contributed by atoms with Crippen LogP contribution in [0.2, 0.25) is 5.02 Å². The van der Waals surface area contributed by atoms with Gasteiger partial charge in [0.1, 0.15) is 0 Å². The van der Waals surface area contributed by atoms with E-state index in [2.05, 4.69) is 44.4 Å². The summed E-state index contributed by atoms with van der Waals surface area (Å²) in [7, 11) is -3.60. The van der Waals surface area contributed by atoms with Crippen LogP contribution in [0.3, 0.4) is 0 Å². The van der Waals surface area contributed by atoms with Gasteiger partial charge in [-0.05, 0) is 82.7 Å². The molecule has 7 heteroatoms. The Morgan fingerprint density at radius 3 is 2.28 bits per heavy atom.